The zero-order valence-corrected chi connectivity index (χ0v) is 10.9. The molecular weight excluding hydrogens is 280 g/mol. The van der Waals surface area contributed by atoms with E-state index in [0.717, 1.165) is 0 Å². The Balaban J connectivity index is 2.29. The lowest BCUT2D eigenvalue weighted by atomic mass is 10.1. The van der Waals surface area contributed by atoms with Crippen molar-refractivity contribution in [2.75, 3.05) is 0 Å². The first kappa shape index (κ1) is 12.6. The highest BCUT2D eigenvalue weighted by Gasteiger charge is 2.13. The summed E-state index contributed by atoms with van der Waals surface area (Å²) in [5.74, 6) is -0.0217. The summed E-state index contributed by atoms with van der Waals surface area (Å²) in [6.45, 7) is 0. The van der Waals surface area contributed by atoms with Crippen LogP contribution < -0.4 is 5.43 Å². The van der Waals surface area contributed by atoms with Crippen molar-refractivity contribution in [1.82, 2.24) is 0 Å². The molecule has 2 aromatic carbocycles. The third kappa shape index (κ3) is 1.90. The van der Waals surface area contributed by atoms with Gasteiger partial charge in [-0.15, -0.1) is 0 Å². The van der Waals surface area contributed by atoms with Gasteiger partial charge in [0.25, 0.3) is 0 Å². The summed E-state index contributed by atoms with van der Waals surface area (Å²) in [4.78, 5) is 12.4. The highest BCUT2D eigenvalue weighted by Crippen LogP contribution is 2.31. The molecule has 4 nitrogen and oxygen atoms in total. The molecule has 0 saturated carbocycles. The van der Waals surface area contributed by atoms with Gasteiger partial charge in [0.15, 0.2) is 5.58 Å². The van der Waals surface area contributed by atoms with Crippen LogP contribution in [0.3, 0.4) is 0 Å². The van der Waals surface area contributed by atoms with Crippen LogP contribution in [0.1, 0.15) is 0 Å². The minimum Gasteiger partial charge on any atom is -0.508 e. The number of phenols is 2. The lowest BCUT2D eigenvalue weighted by Crippen LogP contribution is -2.04. The van der Waals surface area contributed by atoms with E-state index in [1.807, 2.05) is 0 Å². The van der Waals surface area contributed by atoms with E-state index in [0.29, 0.717) is 16.5 Å². The van der Waals surface area contributed by atoms with Crippen LogP contribution in [0.2, 0.25) is 5.02 Å². The van der Waals surface area contributed by atoms with Crippen LogP contribution >= 0.6 is 11.6 Å². The molecule has 1 heterocycles. The molecule has 3 aromatic rings. The lowest BCUT2D eigenvalue weighted by molar-refractivity contribution is 0.474. The standard InChI is InChI=1S/C15H9ClO4/c16-13-12(18)6-5-10-14(19)11(7-20-15(10)13)8-1-3-9(17)4-2-8/h1-7,17-18H. The molecule has 0 atom stereocenters. The first-order chi connectivity index (χ1) is 9.58. The van der Waals surface area contributed by atoms with Gasteiger partial charge in [-0.2, -0.15) is 0 Å². The molecule has 0 spiro atoms. The van der Waals surface area contributed by atoms with Gasteiger partial charge in [0, 0.05) is 0 Å². The number of rotatable bonds is 1. The van der Waals surface area contributed by atoms with E-state index >= 15 is 0 Å². The van der Waals surface area contributed by atoms with Gasteiger partial charge >= 0.3 is 0 Å². The Morgan fingerprint density at radius 1 is 1.00 bits per heavy atom. The number of aromatic hydroxyl groups is 2. The van der Waals surface area contributed by atoms with Crippen LogP contribution in [0, 0.1) is 0 Å². The van der Waals surface area contributed by atoms with E-state index in [4.69, 9.17) is 16.0 Å². The molecular formula is C15H9ClO4. The topological polar surface area (TPSA) is 70.7 Å². The van der Waals surface area contributed by atoms with Crippen LogP contribution in [0.4, 0.5) is 0 Å². The molecule has 0 fully saturated rings. The van der Waals surface area contributed by atoms with Gasteiger partial charge in [-0.25, -0.2) is 0 Å². The Morgan fingerprint density at radius 3 is 2.40 bits per heavy atom. The predicted molar refractivity (Wildman–Crippen MR) is 76.3 cm³/mol. The predicted octanol–water partition coefficient (Wildman–Crippen LogP) is 3.52. The Labute approximate surface area is 118 Å². The first-order valence-corrected chi connectivity index (χ1v) is 6.18. The maximum Gasteiger partial charge on any atom is 0.200 e. The van der Waals surface area contributed by atoms with Gasteiger partial charge in [0.2, 0.25) is 5.43 Å². The van der Waals surface area contributed by atoms with Gasteiger partial charge in [-0.05, 0) is 29.8 Å². The van der Waals surface area contributed by atoms with E-state index in [-0.39, 0.29) is 27.5 Å². The molecule has 3 rings (SSSR count). The summed E-state index contributed by atoms with van der Waals surface area (Å²) < 4.78 is 5.37. The average Bonchev–Trinajstić information content (AvgIpc) is 2.45. The molecule has 0 bridgehead atoms. The molecule has 2 N–H and O–H groups in total. The maximum atomic E-state index is 12.4. The van der Waals surface area contributed by atoms with Crippen molar-refractivity contribution in [3.63, 3.8) is 0 Å². The van der Waals surface area contributed by atoms with Crippen molar-refractivity contribution in [3.8, 4) is 22.6 Å². The van der Waals surface area contributed by atoms with E-state index in [1.54, 1.807) is 12.1 Å². The summed E-state index contributed by atoms with van der Waals surface area (Å²) in [6, 6.07) is 9.03. The number of halogens is 1. The van der Waals surface area contributed by atoms with E-state index < -0.39 is 0 Å². The molecule has 5 heteroatoms. The SMILES string of the molecule is O=c1c(-c2ccc(O)cc2)coc2c(Cl)c(O)ccc12. The van der Waals surface area contributed by atoms with Gasteiger partial charge in [0.1, 0.15) is 22.8 Å². The highest BCUT2D eigenvalue weighted by atomic mass is 35.5. The molecule has 0 amide bonds. The van der Waals surface area contributed by atoms with Gasteiger partial charge < -0.3 is 14.6 Å². The summed E-state index contributed by atoms with van der Waals surface area (Å²) in [7, 11) is 0. The molecule has 0 aliphatic heterocycles. The Bertz CT molecular complexity index is 850. The molecule has 0 aliphatic rings. The Morgan fingerprint density at radius 2 is 1.70 bits per heavy atom. The fourth-order valence-corrected chi connectivity index (χ4v) is 2.21. The van der Waals surface area contributed by atoms with Crippen LogP contribution in [-0.2, 0) is 0 Å². The Kier molecular flexibility index (Phi) is 2.88. The molecule has 0 saturated heterocycles. The third-order valence-corrected chi connectivity index (χ3v) is 3.40. The maximum absolute atomic E-state index is 12.4. The number of fused-ring (bicyclic) bond motifs is 1. The number of hydrogen-bond acceptors (Lipinski definition) is 4. The highest BCUT2D eigenvalue weighted by molar-refractivity contribution is 6.36. The van der Waals surface area contributed by atoms with Crippen molar-refractivity contribution >= 4 is 22.6 Å². The second-order valence-corrected chi connectivity index (χ2v) is 4.68. The smallest absolute Gasteiger partial charge is 0.200 e. The van der Waals surface area contributed by atoms with Gasteiger partial charge in [-0.1, -0.05) is 23.7 Å². The summed E-state index contributed by atoms with van der Waals surface area (Å²) in [6.07, 6.45) is 1.29. The zero-order chi connectivity index (χ0) is 14.3. The first-order valence-electron chi connectivity index (χ1n) is 5.80. The lowest BCUT2D eigenvalue weighted by Gasteiger charge is -2.05. The summed E-state index contributed by atoms with van der Waals surface area (Å²) in [5, 5.41) is 19.1. The van der Waals surface area contributed by atoms with Crippen molar-refractivity contribution in [3.05, 3.63) is 57.9 Å². The third-order valence-electron chi connectivity index (χ3n) is 3.04. The fraction of sp³-hybridized carbons (Fsp3) is 0. The molecule has 0 aliphatic carbocycles. The van der Waals surface area contributed by atoms with Gasteiger partial charge in [-0.3, -0.25) is 4.79 Å². The van der Waals surface area contributed by atoms with Crippen LogP contribution in [-0.4, -0.2) is 10.2 Å². The van der Waals surface area contributed by atoms with Crippen molar-refractivity contribution in [2.24, 2.45) is 0 Å². The number of benzene rings is 2. The van der Waals surface area contributed by atoms with E-state index in [1.165, 1.54) is 30.5 Å². The van der Waals surface area contributed by atoms with Crippen LogP contribution in [0.5, 0.6) is 11.5 Å². The largest absolute Gasteiger partial charge is 0.508 e. The van der Waals surface area contributed by atoms with Gasteiger partial charge in [0.05, 0.1) is 10.9 Å². The fourth-order valence-electron chi connectivity index (χ4n) is 2.00. The monoisotopic (exact) mass is 288 g/mol. The normalized spacial score (nSPS) is 10.8. The average molecular weight is 289 g/mol. The minimum absolute atomic E-state index is 0.0110. The second-order valence-electron chi connectivity index (χ2n) is 4.30. The minimum atomic E-state index is -0.251. The van der Waals surface area contributed by atoms with Crippen molar-refractivity contribution < 1.29 is 14.6 Å². The molecule has 100 valence electrons. The van der Waals surface area contributed by atoms with Crippen molar-refractivity contribution in [2.45, 2.75) is 0 Å². The molecule has 0 unspecified atom stereocenters. The van der Waals surface area contributed by atoms with E-state index in [2.05, 4.69) is 0 Å². The quantitative estimate of drug-likeness (QED) is 0.718. The zero-order valence-electron chi connectivity index (χ0n) is 10.1. The Hall–Kier alpha value is -2.46. The summed E-state index contributed by atoms with van der Waals surface area (Å²) in [5.41, 5.74) is 0.889. The second kappa shape index (κ2) is 4.58. The van der Waals surface area contributed by atoms with Crippen LogP contribution in [0.25, 0.3) is 22.1 Å². The number of phenolic OH excluding ortho intramolecular Hbond substituents is 2. The molecule has 1 aromatic heterocycles. The number of hydrogen-bond donors (Lipinski definition) is 2. The van der Waals surface area contributed by atoms with E-state index in [9.17, 15) is 15.0 Å². The summed E-state index contributed by atoms with van der Waals surface area (Å²) >= 11 is 5.90. The molecule has 0 radical (unpaired) electrons. The van der Waals surface area contributed by atoms with Crippen LogP contribution in [0.15, 0.2) is 51.9 Å². The van der Waals surface area contributed by atoms with Crippen molar-refractivity contribution in [1.29, 1.82) is 0 Å². The molecule has 20 heavy (non-hydrogen) atoms.